The summed E-state index contributed by atoms with van der Waals surface area (Å²) in [6, 6.07) is 6.92. The molecule has 0 aliphatic heterocycles. The van der Waals surface area contributed by atoms with E-state index in [4.69, 9.17) is 16.3 Å². The molecule has 0 aromatic carbocycles. The van der Waals surface area contributed by atoms with Gasteiger partial charge in [-0.2, -0.15) is 0 Å². The van der Waals surface area contributed by atoms with E-state index in [9.17, 15) is 4.79 Å². The molecule has 2 heterocycles. The van der Waals surface area contributed by atoms with Crippen LogP contribution >= 0.6 is 11.6 Å². The molecule has 2 aromatic rings. The molecule has 0 radical (unpaired) electrons. The molecule has 2 rings (SSSR count). The van der Waals surface area contributed by atoms with E-state index in [1.165, 1.54) is 0 Å². The zero-order valence-electron chi connectivity index (χ0n) is 10.7. The van der Waals surface area contributed by atoms with Gasteiger partial charge in [0.05, 0.1) is 11.0 Å². The van der Waals surface area contributed by atoms with Crippen molar-refractivity contribution in [2.24, 2.45) is 0 Å². The van der Waals surface area contributed by atoms with E-state index >= 15 is 0 Å². The second-order valence-corrected chi connectivity index (χ2v) is 4.72. The monoisotopic (exact) mass is 279 g/mol. The quantitative estimate of drug-likeness (QED) is 0.872. The molecule has 5 nitrogen and oxygen atoms in total. The maximum atomic E-state index is 11.4. The third-order valence-electron chi connectivity index (χ3n) is 2.28. The van der Waals surface area contributed by atoms with Crippen molar-refractivity contribution in [3.63, 3.8) is 0 Å². The smallest absolute Gasteiger partial charge is 0.258 e. The average Bonchev–Trinajstić information content (AvgIpc) is 2.35. The Kier molecular flexibility index (Phi) is 4.16. The Morgan fingerprint density at radius 1 is 1.26 bits per heavy atom. The minimum atomic E-state index is -0.175. The number of pyridine rings is 2. The molecular weight excluding hydrogens is 266 g/mol. The van der Waals surface area contributed by atoms with E-state index in [0.717, 1.165) is 0 Å². The number of aromatic nitrogens is 2. The predicted molar refractivity (Wildman–Crippen MR) is 73.3 cm³/mol. The number of fused-ring (bicyclic) bond motifs is 1. The Morgan fingerprint density at radius 2 is 1.95 bits per heavy atom. The Labute approximate surface area is 116 Å². The Hall–Kier alpha value is -1.88. The Morgan fingerprint density at radius 3 is 2.68 bits per heavy atom. The second-order valence-electron chi connectivity index (χ2n) is 4.33. The molecule has 0 fully saturated rings. The molecular formula is C13H14ClN3O2. The van der Waals surface area contributed by atoms with Gasteiger partial charge in [-0.1, -0.05) is 11.6 Å². The number of amides is 1. The summed E-state index contributed by atoms with van der Waals surface area (Å²) in [5.74, 6) is 0.210. The maximum absolute atomic E-state index is 11.4. The van der Waals surface area contributed by atoms with Gasteiger partial charge in [-0.05, 0) is 32.0 Å². The van der Waals surface area contributed by atoms with Crippen LogP contribution in [-0.2, 0) is 4.79 Å². The van der Waals surface area contributed by atoms with Crippen molar-refractivity contribution in [2.75, 3.05) is 6.61 Å². The predicted octanol–water partition coefficient (Wildman–Crippen LogP) is 2.19. The maximum Gasteiger partial charge on any atom is 0.258 e. The molecule has 0 spiro atoms. The fraction of sp³-hybridized carbons (Fsp3) is 0.308. The molecule has 0 aliphatic rings. The zero-order chi connectivity index (χ0) is 13.8. The summed E-state index contributed by atoms with van der Waals surface area (Å²) in [6.45, 7) is 3.72. The SMILES string of the molecule is CC(C)NC(=O)COc1ccc2nc(Cl)ccc2n1. The standard InChI is InChI=1S/C13H14ClN3O2/c1-8(2)15-12(18)7-19-13-6-4-9-10(17-13)3-5-11(14)16-9/h3-6,8H,7H2,1-2H3,(H,15,18). The summed E-state index contributed by atoms with van der Waals surface area (Å²) in [5.41, 5.74) is 1.36. The van der Waals surface area contributed by atoms with Crippen molar-refractivity contribution in [3.8, 4) is 5.88 Å². The van der Waals surface area contributed by atoms with Crippen LogP contribution in [0.1, 0.15) is 13.8 Å². The van der Waals surface area contributed by atoms with E-state index in [-0.39, 0.29) is 18.6 Å². The average molecular weight is 280 g/mol. The van der Waals surface area contributed by atoms with Crippen molar-refractivity contribution in [3.05, 3.63) is 29.4 Å². The van der Waals surface area contributed by atoms with Gasteiger partial charge < -0.3 is 10.1 Å². The van der Waals surface area contributed by atoms with Gasteiger partial charge in [0.25, 0.3) is 5.91 Å². The van der Waals surface area contributed by atoms with E-state index in [2.05, 4.69) is 15.3 Å². The van der Waals surface area contributed by atoms with Crippen LogP contribution in [0.5, 0.6) is 5.88 Å². The molecule has 6 heteroatoms. The molecule has 1 amide bonds. The third kappa shape index (κ3) is 3.79. The number of carbonyl (C=O) groups excluding carboxylic acids is 1. The summed E-state index contributed by atoms with van der Waals surface area (Å²) in [7, 11) is 0. The molecule has 0 saturated heterocycles. The number of hydrogen-bond acceptors (Lipinski definition) is 4. The fourth-order valence-corrected chi connectivity index (χ4v) is 1.70. The van der Waals surface area contributed by atoms with Crippen LogP contribution in [0.25, 0.3) is 11.0 Å². The van der Waals surface area contributed by atoms with Crippen LogP contribution < -0.4 is 10.1 Å². The molecule has 0 aliphatic carbocycles. The largest absolute Gasteiger partial charge is 0.468 e. The summed E-state index contributed by atoms with van der Waals surface area (Å²) in [4.78, 5) is 19.8. The lowest BCUT2D eigenvalue weighted by atomic mass is 10.3. The summed E-state index contributed by atoms with van der Waals surface area (Å²) in [5, 5.41) is 3.15. The molecule has 0 saturated carbocycles. The van der Waals surface area contributed by atoms with Crippen LogP contribution in [0, 0.1) is 0 Å². The van der Waals surface area contributed by atoms with Gasteiger partial charge in [-0.25, -0.2) is 9.97 Å². The first kappa shape index (κ1) is 13.5. The highest BCUT2D eigenvalue weighted by atomic mass is 35.5. The number of ether oxygens (including phenoxy) is 1. The summed E-state index contributed by atoms with van der Waals surface area (Å²) >= 11 is 5.79. The summed E-state index contributed by atoms with van der Waals surface area (Å²) in [6.07, 6.45) is 0. The van der Waals surface area contributed by atoms with E-state index in [1.807, 2.05) is 13.8 Å². The van der Waals surface area contributed by atoms with Crippen LogP contribution in [0.3, 0.4) is 0 Å². The Balaban J connectivity index is 2.05. The molecule has 1 N–H and O–H groups in total. The first-order valence-corrected chi connectivity index (χ1v) is 6.28. The van der Waals surface area contributed by atoms with Crippen molar-refractivity contribution < 1.29 is 9.53 Å². The first-order valence-electron chi connectivity index (χ1n) is 5.90. The normalized spacial score (nSPS) is 10.7. The van der Waals surface area contributed by atoms with Gasteiger partial charge in [0.15, 0.2) is 6.61 Å². The number of carbonyl (C=O) groups is 1. The zero-order valence-corrected chi connectivity index (χ0v) is 11.4. The molecule has 2 aromatic heterocycles. The molecule has 0 bridgehead atoms. The minimum Gasteiger partial charge on any atom is -0.468 e. The lowest BCUT2D eigenvalue weighted by molar-refractivity contribution is -0.123. The topological polar surface area (TPSA) is 64.1 Å². The lowest BCUT2D eigenvalue weighted by Crippen LogP contribution is -2.34. The summed E-state index contributed by atoms with van der Waals surface area (Å²) < 4.78 is 5.32. The molecule has 0 atom stereocenters. The van der Waals surface area contributed by atoms with E-state index in [0.29, 0.717) is 22.1 Å². The van der Waals surface area contributed by atoms with Gasteiger partial charge >= 0.3 is 0 Å². The first-order chi connectivity index (χ1) is 9.04. The molecule has 19 heavy (non-hydrogen) atoms. The van der Waals surface area contributed by atoms with Gasteiger partial charge in [0.2, 0.25) is 5.88 Å². The number of rotatable bonds is 4. The van der Waals surface area contributed by atoms with Crippen LogP contribution in [0.2, 0.25) is 5.15 Å². The molecule has 100 valence electrons. The number of nitrogens with zero attached hydrogens (tertiary/aromatic N) is 2. The van der Waals surface area contributed by atoms with Gasteiger partial charge in [0, 0.05) is 12.1 Å². The van der Waals surface area contributed by atoms with Gasteiger partial charge in [-0.15, -0.1) is 0 Å². The number of halogens is 1. The highest BCUT2D eigenvalue weighted by Crippen LogP contribution is 2.17. The highest BCUT2D eigenvalue weighted by molar-refractivity contribution is 6.29. The van der Waals surface area contributed by atoms with Crippen LogP contribution in [0.4, 0.5) is 0 Å². The third-order valence-corrected chi connectivity index (χ3v) is 2.49. The molecule has 0 unspecified atom stereocenters. The number of nitrogens with one attached hydrogen (secondary N) is 1. The van der Waals surface area contributed by atoms with Crippen molar-refractivity contribution in [2.45, 2.75) is 19.9 Å². The van der Waals surface area contributed by atoms with Crippen molar-refractivity contribution >= 4 is 28.5 Å². The number of hydrogen-bond donors (Lipinski definition) is 1. The van der Waals surface area contributed by atoms with Crippen molar-refractivity contribution in [1.29, 1.82) is 0 Å². The lowest BCUT2D eigenvalue weighted by Gasteiger charge is -2.09. The second kappa shape index (κ2) is 5.84. The van der Waals surface area contributed by atoms with E-state index in [1.54, 1.807) is 24.3 Å². The van der Waals surface area contributed by atoms with Crippen LogP contribution in [-0.4, -0.2) is 28.5 Å². The minimum absolute atomic E-state index is 0.0578. The van der Waals surface area contributed by atoms with Gasteiger partial charge in [-0.3, -0.25) is 4.79 Å². The fourth-order valence-electron chi connectivity index (χ4n) is 1.55. The Bertz CT molecular complexity index is 601. The van der Waals surface area contributed by atoms with Gasteiger partial charge in [0.1, 0.15) is 5.15 Å². The van der Waals surface area contributed by atoms with E-state index < -0.39 is 0 Å². The van der Waals surface area contributed by atoms with Crippen LogP contribution in [0.15, 0.2) is 24.3 Å². The highest BCUT2D eigenvalue weighted by Gasteiger charge is 2.06. The van der Waals surface area contributed by atoms with Crippen molar-refractivity contribution in [1.82, 2.24) is 15.3 Å².